The number of anilines is 1. The quantitative estimate of drug-likeness (QED) is 0.453. The van der Waals surface area contributed by atoms with Gasteiger partial charge in [-0.1, -0.05) is 36.4 Å². The molecule has 0 amide bonds. The van der Waals surface area contributed by atoms with Crippen LogP contribution in [0.3, 0.4) is 0 Å². The van der Waals surface area contributed by atoms with E-state index in [-0.39, 0.29) is 5.69 Å². The molecule has 3 rings (SSSR count). The molecule has 0 radical (unpaired) electrons. The summed E-state index contributed by atoms with van der Waals surface area (Å²) in [5, 5.41) is 15.3. The van der Waals surface area contributed by atoms with Gasteiger partial charge < -0.3 is 5.73 Å². The molecule has 0 saturated heterocycles. The Morgan fingerprint density at radius 2 is 2.04 bits per heavy atom. The van der Waals surface area contributed by atoms with Gasteiger partial charge in [0.05, 0.1) is 23.0 Å². The number of rotatable bonds is 4. The van der Waals surface area contributed by atoms with Crippen LogP contribution in [0.4, 0.5) is 11.6 Å². The molecular weight excluding hydrogens is 306 g/mol. The Morgan fingerprint density at radius 3 is 2.75 bits per heavy atom. The van der Waals surface area contributed by atoms with Crippen LogP contribution < -0.4 is 5.73 Å². The number of nitro groups is 1. The third-order valence-electron chi connectivity index (χ3n) is 3.48. The molecule has 0 aliphatic carbocycles. The third-order valence-corrected chi connectivity index (χ3v) is 3.48. The van der Waals surface area contributed by atoms with Crippen molar-refractivity contribution in [1.82, 2.24) is 9.66 Å². The van der Waals surface area contributed by atoms with Crippen LogP contribution >= 0.6 is 0 Å². The van der Waals surface area contributed by atoms with E-state index in [4.69, 9.17) is 5.73 Å². The summed E-state index contributed by atoms with van der Waals surface area (Å²) in [5.74, 6) is 0.302. The Labute approximate surface area is 138 Å². The number of hydrogen-bond donors (Lipinski definition) is 1. The zero-order valence-corrected chi connectivity index (χ0v) is 13.0. The van der Waals surface area contributed by atoms with Crippen molar-refractivity contribution in [2.75, 3.05) is 5.73 Å². The highest BCUT2D eigenvalue weighted by atomic mass is 16.6. The molecule has 24 heavy (non-hydrogen) atoms. The van der Waals surface area contributed by atoms with Crippen molar-refractivity contribution in [3.8, 4) is 11.1 Å². The number of nitrogen functional groups attached to an aromatic ring is 1. The Morgan fingerprint density at radius 1 is 1.25 bits per heavy atom. The molecule has 7 nitrogen and oxygen atoms in total. The summed E-state index contributed by atoms with van der Waals surface area (Å²) in [6.45, 7) is 1.83. The van der Waals surface area contributed by atoms with E-state index >= 15 is 0 Å². The van der Waals surface area contributed by atoms with Gasteiger partial charge in [-0.05, 0) is 18.1 Å². The van der Waals surface area contributed by atoms with Crippen LogP contribution in [0.15, 0.2) is 59.8 Å². The molecule has 0 spiro atoms. The molecule has 3 aromatic rings. The van der Waals surface area contributed by atoms with Gasteiger partial charge in [-0.2, -0.15) is 5.10 Å². The van der Waals surface area contributed by atoms with E-state index in [0.717, 1.165) is 22.4 Å². The highest BCUT2D eigenvalue weighted by Gasteiger charge is 2.09. The molecule has 0 atom stereocenters. The Hall–Kier alpha value is -3.48. The summed E-state index contributed by atoms with van der Waals surface area (Å²) in [6, 6.07) is 14.0. The van der Waals surface area contributed by atoms with Crippen LogP contribution in [0.25, 0.3) is 11.1 Å². The molecular formula is C17H15N5O2. The highest BCUT2D eigenvalue weighted by Crippen LogP contribution is 2.26. The topological polar surface area (TPSA) is 99.3 Å². The molecule has 0 saturated carbocycles. The maximum atomic E-state index is 11.0. The van der Waals surface area contributed by atoms with Gasteiger partial charge in [0.25, 0.3) is 5.69 Å². The lowest BCUT2D eigenvalue weighted by Crippen LogP contribution is -1.97. The van der Waals surface area contributed by atoms with E-state index in [2.05, 4.69) is 10.1 Å². The van der Waals surface area contributed by atoms with Crippen LogP contribution in [-0.2, 0) is 0 Å². The molecule has 0 bridgehead atoms. The first-order valence-corrected chi connectivity index (χ1v) is 7.24. The van der Waals surface area contributed by atoms with Crippen molar-refractivity contribution in [3.05, 3.63) is 76.1 Å². The van der Waals surface area contributed by atoms with E-state index in [0.29, 0.717) is 5.95 Å². The molecule has 2 aromatic carbocycles. The summed E-state index contributed by atoms with van der Waals surface area (Å²) in [7, 11) is 0. The van der Waals surface area contributed by atoms with Crippen LogP contribution in [0.5, 0.6) is 0 Å². The summed E-state index contributed by atoms with van der Waals surface area (Å²) >= 11 is 0. The summed E-state index contributed by atoms with van der Waals surface area (Å²) < 4.78 is 1.49. The van der Waals surface area contributed by atoms with Crippen LogP contribution in [0.2, 0.25) is 0 Å². The van der Waals surface area contributed by atoms with Crippen molar-refractivity contribution in [2.45, 2.75) is 6.92 Å². The molecule has 0 aliphatic heterocycles. The zero-order valence-electron chi connectivity index (χ0n) is 13.0. The van der Waals surface area contributed by atoms with Gasteiger partial charge in [-0.3, -0.25) is 10.1 Å². The average molecular weight is 321 g/mol. The van der Waals surface area contributed by atoms with E-state index in [1.54, 1.807) is 24.5 Å². The fourth-order valence-electron chi connectivity index (χ4n) is 2.38. The number of imidazole rings is 1. The smallest absolute Gasteiger partial charge is 0.270 e. The number of nitro benzene ring substituents is 1. The highest BCUT2D eigenvalue weighted by molar-refractivity contribution is 5.90. The number of hydrogen-bond acceptors (Lipinski definition) is 5. The number of nitrogens with zero attached hydrogens (tertiary/aromatic N) is 4. The summed E-state index contributed by atoms with van der Waals surface area (Å²) in [5.41, 5.74) is 9.02. The monoisotopic (exact) mass is 321 g/mol. The van der Waals surface area contributed by atoms with Crippen LogP contribution in [0, 0.1) is 17.0 Å². The lowest BCUT2D eigenvalue weighted by Gasteiger charge is -2.06. The zero-order chi connectivity index (χ0) is 17.1. The summed E-state index contributed by atoms with van der Waals surface area (Å²) in [4.78, 5) is 14.7. The van der Waals surface area contributed by atoms with E-state index in [9.17, 15) is 10.1 Å². The molecule has 0 fully saturated rings. The lowest BCUT2D eigenvalue weighted by atomic mass is 10.00. The lowest BCUT2D eigenvalue weighted by molar-refractivity contribution is -0.384. The minimum absolute atomic E-state index is 0.0497. The van der Waals surface area contributed by atoms with E-state index in [1.165, 1.54) is 10.7 Å². The maximum absolute atomic E-state index is 11.0. The molecule has 1 heterocycles. The minimum atomic E-state index is -0.408. The second-order valence-corrected chi connectivity index (χ2v) is 5.22. The van der Waals surface area contributed by atoms with Gasteiger partial charge in [0.2, 0.25) is 5.95 Å². The molecule has 0 unspecified atom stereocenters. The van der Waals surface area contributed by atoms with Gasteiger partial charge in [0.15, 0.2) is 0 Å². The first-order valence-electron chi connectivity index (χ1n) is 7.24. The SMILES string of the molecule is Cc1cn(N=Cc2ccccc2-c2cccc([N+](=O)[O-])c2)c(N)n1. The third kappa shape index (κ3) is 3.14. The molecule has 7 heteroatoms. The maximum Gasteiger partial charge on any atom is 0.270 e. The number of non-ortho nitro benzene ring substituents is 1. The number of aryl methyl sites for hydroxylation is 1. The first-order chi connectivity index (χ1) is 11.5. The Bertz CT molecular complexity index is 930. The second-order valence-electron chi connectivity index (χ2n) is 5.22. The fraction of sp³-hybridized carbons (Fsp3) is 0.0588. The normalized spacial score (nSPS) is 11.0. The largest absolute Gasteiger partial charge is 0.368 e. The molecule has 2 N–H and O–H groups in total. The summed E-state index contributed by atoms with van der Waals surface area (Å²) in [6.07, 6.45) is 3.38. The molecule has 0 aliphatic rings. The first kappa shape index (κ1) is 15.4. The van der Waals surface area contributed by atoms with Gasteiger partial charge >= 0.3 is 0 Å². The second kappa shape index (κ2) is 6.33. The number of benzene rings is 2. The molecule has 120 valence electrons. The van der Waals surface area contributed by atoms with Gasteiger partial charge in [-0.15, -0.1) is 0 Å². The van der Waals surface area contributed by atoms with Crippen LogP contribution in [0.1, 0.15) is 11.3 Å². The van der Waals surface area contributed by atoms with Gasteiger partial charge in [0.1, 0.15) is 0 Å². The minimum Gasteiger partial charge on any atom is -0.368 e. The van der Waals surface area contributed by atoms with Crippen molar-refractivity contribution in [3.63, 3.8) is 0 Å². The van der Waals surface area contributed by atoms with Gasteiger partial charge in [0, 0.05) is 17.7 Å². The van der Waals surface area contributed by atoms with Crippen LogP contribution in [-0.4, -0.2) is 20.8 Å². The number of aromatic nitrogens is 2. The van der Waals surface area contributed by atoms with Crippen molar-refractivity contribution >= 4 is 17.9 Å². The Balaban J connectivity index is 2.01. The fourth-order valence-corrected chi connectivity index (χ4v) is 2.38. The Kier molecular flexibility index (Phi) is 4.07. The predicted octanol–water partition coefficient (Wildman–Crippen LogP) is 3.23. The molecule has 1 aromatic heterocycles. The van der Waals surface area contributed by atoms with Gasteiger partial charge in [-0.25, -0.2) is 9.66 Å². The number of nitrogens with two attached hydrogens (primary N) is 1. The standard InChI is InChI=1S/C17H15N5O2/c1-12-11-21(17(18)20-12)19-10-14-5-2-3-8-16(14)13-6-4-7-15(9-13)22(23)24/h2-11H,1H3,(H2,18,20). The van der Waals surface area contributed by atoms with Crippen molar-refractivity contribution in [1.29, 1.82) is 0 Å². The predicted molar refractivity (Wildman–Crippen MR) is 92.9 cm³/mol. The van der Waals surface area contributed by atoms with E-state index in [1.807, 2.05) is 37.3 Å². The van der Waals surface area contributed by atoms with E-state index < -0.39 is 4.92 Å². The average Bonchev–Trinajstić information content (AvgIpc) is 2.91. The van der Waals surface area contributed by atoms with Crippen molar-refractivity contribution < 1.29 is 4.92 Å². The van der Waals surface area contributed by atoms with Crippen molar-refractivity contribution in [2.24, 2.45) is 5.10 Å².